The van der Waals surface area contributed by atoms with E-state index >= 15 is 0 Å². The van der Waals surface area contributed by atoms with Crippen molar-refractivity contribution >= 4 is 45.0 Å². The van der Waals surface area contributed by atoms with Crippen molar-refractivity contribution in [2.75, 3.05) is 23.1 Å². The van der Waals surface area contributed by atoms with Gasteiger partial charge in [0.05, 0.1) is 0 Å². The molecule has 106 valence electrons. The number of hydrogen-bond donors (Lipinski definition) is 2. The van der Waals surface area contributed by atoms with Crippen LogP contribution in [0.4, 0.5) is 16.2 Å². The van der Waals surface area contributed by atoms with Crippen LogP contribution >= 0.6 is 27.5 Å². The number of rotatable bonds is 4. The predicted octanol–water partition coefficient (Wildman–Crippen LogP) is 4.45. The highest BCUT2D eigenvalue weighted by molar-refractivity contribution is 9.10. The molecule has 0 aliphatic carbocycles. The Morgan fingerprint density at radius 3 is 2.63 bits per heavy atom. The van der Waals surface area contributed by atoms with Gasteiger partial charge in [0.25, 0.3) is 0 Å². The number of hydrogen-bond acceptors (Lipinski definition) is 3. The van der Waals surface area contributed by atoms with Gasteiger partial charge < -0.3 is 10.1 Å². The minimum absolute atomic E-state index is 0.471. The summed E-state index contributed by atoms with van der Waals surface area (Å²) in [6.07, 6.45) is -0.471. The number of nitrogens with one attached hydrogen (secondary N) is 2. The average Bonchev–Trinajstić information content (AvgIpc) is 2.25. The van der Waals surface area contributed by atoms with Gasteiger partial charge in [0.15, 0.2) is 0 Å². The topological polar surface area (TPSA) is 50.4 Å². The van der Waals surface area contributed by atoms with Crippen LogP contribution in [0.3, 0.4) is 0 Å². The Balaban J connectivity index is 2.65. The Morgan fingerprint density at radius 1 is 1.42 bits per heavy atom. The van der Waals surface area contributed by atoms with Crippen molar-refractivity contribution in [3.05, 3.63) is 22.7 Å². The first-order valence-electron chi connectivity index (χ1n) is 5.91. The van der Waals surface area contributed by atoms with Crippen molar-refractivity contribution in [2.45, 2.75) is 26.4 Å². The molecule has 0 fully saturated rings. The number of amides is 1. The number of ether oxygens (including phenoxy) is 1. The van der Waals surface area contributed by atoms with E-state index in [9.17, 15) is 4.79 Å². The van der Waals surface area contributed by atoms with E-state index in [-0.39, 0.29) is 0 Å². The van der Waals surface area contributed by atoms with Gasteiger partial charge in [-0.2, -0.15) is 0 Å². The fraction of sp³-hybridized carbons (Fsp3) is 0.462. The molecule has 1 amide bonds. The molecular formula is C13H18BrClN2O2. The molecule has 6 heteroatoms. The largest absolute Gasteiger partial charge is 0.444 e. The Labute approximate surface area is 127 Å². The zero-order valence-corrected chi connectivity index (χ0v) is 13.6. The number of anilines is 2. The SMILES string of the molecule is CC(C)(C)OC(=O)Nc1ccc(NCCCl)c(Br)c1. The molecule has 0 aliphatic heterocycles. The zero-order chi connectivity index (χ0) is 14.5. The second kappa shape index (κ2) is 7.01. The zero-order valence-electron chi connectivity index (χ0n) is 11.2. The highest BCUT2D eigenvalue weighted by Gasteiger charge is 2.16. The van der Waals surface area contributed by atoms with Gasteiger partial charge in [-0.05, 0) is 54.9 Å². The van der Waals surface area contributed by atoms with E-state index in [0.717, 1.165) is 10.2 Å². The summed E-state index contributed by atoms with van der Waals surface area (Å²) in [6.45, 7) is 6.14. The van der Waals surface area contributed by atoms with Crippen LogP contribution in [0.15, 0.2) is 22.7 Å². The number of benzene rings is 1. The second-order valence-electron chi connectivity index (χ2n) is 4.94. The van der Waals surface area contributed by atoms with E-state index in [1.54, 1.807) is 12.1 Å². The lowest BCUT2D eigenvalue weighted by Crippen LogP contribution is -2.27. The normalized spacial score (nSPS) is 11.0. The van der Waals surface area contributed by atoms with Crippen LogP contribution in [-0.4, -0.2) is 24.1 Å². The minimum atomic E-state index is -0.511. The molecule has 0 aliphatic rings. The second-order valence-corrected chi connectivity index (χ2v) is 6.17. The van der Waals surface area contributed by atoms with Crippen LogP contribution < -0.4 is 10.6 Å². The summed E-state index contributed by atoms with van der Waals surface area (Å²) < 4.78 is 6.03. The van der Waals surface area contributed by atoms with Gasteiger partial charge in [-0.15, -0.1) is 11.6 Å². The quantitative estimate of drug-likeness (QED) is 0.790. The predicted molar refractivity (Wildman–Crippen MR) is 83.2 cm³/mol. The summed E-state index contributed by atoms with van der Waals surface area (Å²) in [5, 5.41) is 5.84. The number of carbonyl (C=O) groups is 1. The van der Waals surface area contributed by atoms with Crippen molar-refractivity contribution in [1.82, 2.24) is 0 Å². The summed E-state index contributed by atoms with van der Waals surface area (Å²) in [7, 11) is 0. The van der Waals surface area contributed by atoms with Crippen LogP contribution in [0.25, 0.3) is 0 Å². The average molecular weight is 350 g/mol. The van der Waals surface area contributed by atoms with Crippen molar-refractivity contribution in [3.63, 3.8) is 0 Å². The lowest BCUT2D eigenvalue weighted by Gasteiger charge is -2.20. The van der Waals surface area contributed by atoms with Gasteiger partial charge in [-0.3, -0.25) is 5.32 Å². The van der Waals surface area contributed by atoms with E-state index in [1.165, 1.54) is 0 Å². The molecule has 0 saturated heterocycles. The smallest absolute Gasteiger partial charge is 0.412 e. The highest BCUT2D eigenvalue weighted by Crippen LogP contribution is 2.26. The number of alkyl halides is 1. The van der Waals surface area contributed by atoms with Gasteiger partial charge in [0.1, 0.15) is 5.60 Å². The third-order valence-electron chi connectivity index (χ3n) is 2.02. The summed E-state index contributed by atoms with van der Waals surface area (Å²) in [4.78, 5) is 11.6. The van der Waals surface area contributed by atoms with Crippen LogP contribution in [0.1, 0.15) is 20.8 Å². The number of carbonyl (C=O) groups excluding carboxylic acids is 1. The van der Waals surface area contributed by atoms with Crippen molar-refractivity contribution < 1.29 is 9.53 Å². The summed E-state index contributed by atoms with van der Waals surface area (Å²) in [5.74, 6) is 0.532. The molecule has 1 rings (SSSR count). The first-order valence-corrected chi connectivity index (χ1v) is 7.24. The van der Waals surface area contributed by atoms with Crippen LogP contribution in [0.2, 0.25) is 0 Å². The fourth-order valence-corrected chi connectivity index (χ4v) is 1.95. The van der Waals surface area contributed by atoms with E-state index in [0.29, 0.717) is 18.1 Å². The lowest BCUT2D eigenvalue weighted by molar-refractivity contribution is 0.0636. The number of halogens is 2. The van der Waals surface area contributed by atoms with Gasteiger partial charge in [-0.1, -0.05) is 0 Å². The molecule has 1 aromatic rings. The molecule has 19 heavy (non-hydrogen) atoms. The molecule has 0 heterocycles. The molecule has 0 aromatic heterocycles. The van der Waals surface area contributed by atoms with Crippen molar-refractivity contribution in [2.24, 2.45) is 0 Å². The molecule has 0 radical (unpaired) electrons. The standard InChI is InChI=1S/C13H18BrClN2O2/c1-13(2,3)19-12(18)17-9-4-5-11(10(14)8-9)16-7-6-15/h4-5,8,16H,6-7H2,1-3H3,(H,17,18). The van der Waals surface area contributed by atoms with E-state index in [1.807, 2.05) is 26.8 Å². The minimum Gasteiger partial charge on any atom is -0.444 e. The maximum Gasteiger partial charge on any atom is 0.412 e. The third kappa shape index (κ3) is 6.16. The Kier molecular flexibility index (Phi) is 5.94. The summed E-state index contributed by atoms with van der Waals surface area (Å²) in [6, 6.07) is 5.47. The molecule has 0 unspecified atom stereocenters. The molecule has 0 spiro atoms. The van der Waals surface area contributed by atoms with Crippen LogP contribution in [-0.2, 0) is 4.74 Å². The molecule has 1 aromatic carbocycles. The molecule has 2 N–H and O–H groups in total. The first-order chi connectivity index (χ1) is 8.81. The van der Waals surface area contributed by atoms with Crippen LogP contribution in [0.5, 0.6) is 0 Å². The first kappa shape index (κ1) is 16.1. The Morgan fingerprint density at radius 2 is 2.11 bits per heavy atom. The molecule has 4 nitrogen and oxygen atoms in total. The highest BCUT2D eigenvalue weighted by atomic mass is 79.9. The maximum absolute atomic E-state index is 11.6. The van der Waals surface area contributed by atoms with Crippen LogP contribution in [0, 0.1) is 0 Å². The Hall–Kier alpha value is -0.940. The monoisotopic (exact) mass is 348 g/mol. The third-order valence-corrected chi connectivity index (χ3v) is 2.87. The van der Waals surface area contributed by atoms with Crippen molar-refractivity contribution in [1.29, 1.82) is 0 Å². The van der Waals surface area contributed by atoms with Gasteiger partial charge in [0.2, 0.25) is 0 Å². The van der Waals surface area contributed by atoms with Gasteiger partial charge in [0, 0.05) is 28.3 Å². The molecule has 0 atom stereocenters. The molecular weight excluding hydrogens is 332 g/mol. The summed E-state index contributed by atoms with van der Waals surface area (Å²) in [5.41, 5.74) is 1.08. The summed E-state index contributed by atoms with van der Waals surface area (Å²) >= 11 is 9.04. The van der Waals surface area contributed by atoms with E-state index in [4.69, 9.17) is 16.3 Å². The molecule has 0 bridgehead atoms. The maximum atomic E-state index is 11.6. The molecule has 0 saturated carbocycles. The van der Waals surface area contributed by atoms with Gasteiger partial charge in [-0.25, -0.2) is 4.79 Å². The lowest BCUT2D eigenvalue weighted by atomic mass is 10.2. The van der Waals surface area contributed by atoms with Gasteiger partial charge >= 0.3 is 6.09 Å². The fourth-order valence-electron chi connectivity index (χ4n) is 1.34. The van der Waals surface area contributed by atoms with E-state index < -0.39 is 11.7 Å². The van der Waals surface area contributed by atoms with Crippen molar-refractivity contribution in [3.8, 4) is 0 Å². The Bertz CT molecular complexity index is 447. The van der Waals surface area contributed by atoms with E-state index in [2.05, 4.69) is 26.6 Å².